The number of rotatable bonds is 4. The number of benzene rings is 1. The van der Waals surface area contributed by atoms with E-state index in [-0.39, 0.29) is 18.4 Å². The van der Waals surface area contributed by atoms with E-state index in [0.29, 0.717) is 18.8 Å². The Hall–Kier alpha value is -2.60. The van der Waals surface area contributed by atoms with Gasteiger partial charge in [0, 0.05) is 0 Å². The van der Waals surface area contributed by atoms with E-state index < -0.39 is 0 Å². The molecule has 1 unspecified atom stereocenters. The lowest BCUT2D eigenvalue weighted by molar-refractivity contribution is -0.886. The third-order valence-corrected chi connectivity index (χ3v) is 3.80. The lowest BCUT2D eigenvalue weighted by atomic mass is 10.2. The molecule has 0 fully saturated rings. The van der Waals surface area contributed by atoms with Crippen LogP contribution >= 0.6 is 0 Å². The van der Waals surface area contributed by atoms with Gasteiger partial charge >= 0.3 is 0 Å². The number of furan rings is 1. The largest absolute Gasteiger partial charge is 0.460 e. The number of quaternary nitrogens is 1. The Kier molecular flexibility index (Phi) is 4.16. The second-order valence-corrected chi connectivity index (χ2v) is 5.87. The van der Waals surface area contributed by atoms with Crippen molar-refractivity contribution in [1.29, 1.82) is 0 Å². The number of carbonyl (C=O) groups excluding carboxylic acids is 2. The fourth-order valence-electron chi connectivity index (χ4n) is 2.75. The van der Waals surface area contributed by atoms with E-state index in [0.717, 1.165) is 22.1 Å². The smallest absolute Gasteiger partial charge is 0.282 e. The van der Waals surface area contributed by atoms with Crippen LogP contribution in [0.3, 0.4) is 0 Å². The molecule has 0 saturated heterocycles. The first-order valence-corrected chi connectivity index (χ1v) is 7.59. The van der Waals surface area contributed by atoms with Crippen molar-refractivity contribution in [3.05, 3.63) is 47.9 Å². The van der Waals surface area contributed by atoms with Crippen LogP contribution in [0.15, 0.2) is 40.8 Å². The summed E-state index contributed by atoms with van der Waals surface area (Å²) in [7, 11) is 1.94. The average molecular weight is 314 g/mol. The fourth-order valence-corrected chi connectivity index (χ4v) is 2.75. The molecule has 2 N–H and O–H groups in total. The van der Waals surface area contributed by atoms with E-state index in [1.54, 1.807) is 11.0 Å². The molecule has 6 heteroatoms. The van der Waals surface area contributed by atoms with Crippen LogP contribution in [0.2, 0.25) is 0 Å². The summed E-state index contributed by atoms with van der Waals surface area (Å²) in [5.41, 5.74) is 1.43. The van der Waals surface area contributed by atoms with Crippen molar-refractivity contribution in [3.8, 4) is 0 Å². The van der Waals surface area contributed by atoms with Gasteiger partial charge in [0.05, 0.1) is 18.4 Å². The van der Waals surface area contributed by atoms with Crippen molar-refractivity contribution in [2.24, 2.45) is 0 Å². The third kappa shape index (κ3) is 3.43. The molecule has 1 aliphatic heterocycles. The summed E-state index contributed by atoms with van der Waals surface area (Å²) >= 11 is 0. The van der Waals surface area contributed by atoms with Crippen LogP contribution in [0, 0.1) is 6.92 Å². The number of anilines is 2. The molecule has 3 rings (SSSR count). The number of likely N-dealkylation sites (N-methyl/N-ethyl adjacent to an activating group) is 1. The van der Waals surface area contributed by atoms with Crippen molar-refractivity contribution >= 4 is 23.2 Å². The maximum absolute atomic E-state index is 12.6. The predicted molar refractivity (Wildman–Crippen MR) is 86.3 cm³/mol. The lowest BCUT2D eigenvalue weighted by Crippen LogP contribution is -3.09. The van der Waals surface area contributed by atoms with Gasteiger partial charge in [0.15, 0.2) is 12.3 Å². The standard InChI is InChI=1S/C17H19N3O3/c1-12-7-8-13(23-12)9-19(2)11-17(22)20-10-16(21)18-14-5-3-4-6-15(14)20/h3-8H,9-11H2,1-2H3,(H,18,21)/p+1. The van der Waals surface area contributed by atoms with Crippen molar-refractivity contribution in [2.75, 3.05) is 30.4 Å². The van der Waals surface area contributed by atoms with Gasteiger partial charge in [-0.15, -0.1) is 0 Å². The lowest BCUT2D eigenvalue weighted by Gasteiger charge is -2.29. The molecule has 2 aromatic rings. The molecule has 120 valence electrons. The Labute approximate surface area is 134 Å². The summed E-state index contributed by atoms with van der Waals surface area (Å²) < 4.78 is 5.54. The van der Waals surface area contributed by atoms with Crippen molar-refractivity contribution in [1.82, 2.24) is 0 Å². The topological polar surface area (TPSA) is 67.0 Å². The fraction of sp³-hybridized carbons (Fsp3) is 0.294. The van der Waals surface area contributed by atoms with Crippen LogP contribution in [0.25, 0.3) is 0 Å². The first kappa shape index (κ1) is 15.3. The van der Waals surface area contributed by atoms with Crippen molar-refractivity contribution in [2.45, 2.75) is 13.5 Å². The minimum absolute atomic E-state index is 0.0585. The highest BCUT2D eigenvalue weighted by atomic mass is 16.3. The van der Waals surface area contributed by atoms with Crippen LogP contribution in [-0.4, -0.2) is 32.0 Å². The zero-order valence-corrected chi connectivity index (χ0v) is 13.3. The van der Waals surface area contributed by atoms with Crippen LogP contribution in [0.4, 0.5) is 11.4 Å². The summed E-state index contributed by atoms with van der Waals surface area (Å²) in [5, 5.41) is 2.79. The van der Waals surface area contributed by atoms with Gasteiger partial charge in [0.1, 0.15) is 18.8 Å². The maximum atomic E-state index is 12.6. The molecule has 1 aromatic heterocycles. The SMILES string of the molecule is Cc1ccc(C[NH+](C)CC(=O)N2CC(=O)Nc3ccccc32)o1. The number of nitrogens with one attached hydrogen (secondary N) is 2. The minimum atomic E-state index is -0.170. The highest BCUT2D eigenvalue weighted by molar-refractivity contribution is 6.10. The molecule has 0 spiro atoms. The summed E-state index contributed by atoms with van der Waals surface area (Å²) in [4.78, 5) is 27.0. The third-order valence-electron chi connectivity index (χ3n) is 3.80. The first-order chi connectivity index (χ1) is 11.0. The summed E-state index contributed by atoms with van der Waals surface area (Å²) in [6.45, 7) is 2.87. The van der Waals surface area contributed by atoms with Gasteiger partial charge < -0.3 is 14.6 Å². The number of aryl methyl sites for hydroxylation is 1. The molecule has 1 atom stereocenters. The number of para-hydroxylation sites is 2. The zero-order valence-electron chi connectivity index (χ0n) is 13.3. The minimum Gasteiger partial charge on any atom is -0.460 e. The summed E-state index contributed by atoms with van der Waals surface area (Å²) in [6.07, 6.45) is 0. The van der Waals surface area contributed by atoms with Crippen LogP contribution < -0.4 is 15.1 Å². The molecule has 1 aromatic carbocycles. The second kappa shape index (κ2) is 6.26. The maximum Gasteiger partial charge on any atom is 0.282 e. The molecule has 1 aliphatic rings. The molecule has 23 heavy (non-hydrogen) atoms. The van der Waals surface area contributed by atoms with E-state index in [4.69, 9.17) is 4.42 Å². The Bertz CT molecular complexity index is 738. The molecule has 0 radical (unpaired) electrons. The highest BCUT2D eigenvalue weighted by Gasteiger charge is 2.28. The normalized spacial score (nSPS) is 15.0. The molecule has 2 heterocycles. The van der Waals surface area contributed by atoms with Gasteiger partial charge in [-0.25, -0.2) is 0 Å². The second-order valence-electron chi connectivity index (χ2n) is 5.87. The average Bonchev–Trinajstić information content (AvgIpc) is 2.91. The van der Waals surface area contributed by atoms with Gasteiger partial charge in [-0.05, 0) is 31.2 Å². The Balaban J connectivity index is 1.69. The Morgan fingerprint density at radius 1 is 1.30 bits per heavy atom. The summed E-state index contributed by atoms with van der Waals surface area (Å²) in [5.74, 6) is 1.47. The highest BCUT2D eigenvalue weighted by Crippen LogP contribution is 2.28. The van der Waals surface area contributed by atoms with Gasteiger partial charge in [-0.3, -0.25) is 14.5 Å². The van der Waals surface area contributed by atoms with Gasteiger partial charge in [0.2, 0.25) is 5.91 Å². The monoisotopic (exact) mass is 314 g/mol. The number of nitrogens with zero attached hydrogens (tertiary/aromatic N) is 1. The molecule has 6 nitrogen and oxygen atoms in total. The van der Waals surface area contributed by atoms with Gasteiger partial charge in [-0.1, -0.05) is 12.1 Å². The number of fused-ring (bicyclic) bond motifs is 1. The number of hydrogen-bond donors (Lipinski definition) is 2. The van der Waals surface area contributed by atoms with Crippen LogP contribution in [-0.2, 0) is 16.1 Å². The predicted octanol–water partition coefficient (Wildman–Crippen LogP) is 0.588. The van der Waals surface area contributed by atoms with E-state index in [9.17, 15) is 9.59 Å². The van der Waals surface area contributed by atoms with Crippen molar-refractivity contribution in [3.63, 3.8) is 0 Å². The summed E-state index contributed by atoms with van der Waals surface area (Å²) in [6, 6.07) is 11.2. The first-order valence-electron chi connectivity index (χ1n) is 7.59. The van der Waals surface area contributed by atoms with Crippen LogP contribution in [0.1, 0.15) is 11.5 Å². The van der Waals surface area contributed by atoms with E-state index in [2.05, 4.69) is 5.32 Å². The van der Waals surface area contributed by atoms with E-state index in [1.807, 2.05) is 44.3 Å². The Morgan fingerprint density at radius 3 is 2.83 bits per heavy atom. The van der Waals surface area contributed by atoms with Crippen molar-refractivity contribution < 1.29 is 18.9 Å². The molecule has 0 bridgehead atoms. The Morgan fingerprint density at radius 2 is 2.09 bits per heavy atom. The molecule has 0 aliphatic carbocycles. The van der Waals surface area contributed by atoms with E-state index >= 15 is 0 Å². The quantitative estimate of drug-likeness (QED) is 0.868. The van der Waals surface area contributed by atoms with E-state index in [1.165, 1.54) is 0 Å². The molecular formula is C17H20N3O3+. The van der Waals surface area contributed by atoms with Crippen LogP contribution in [0.5, 0.6) is 0 Å². The molecule has 0 saturated carbocycles. The number of hydrogen-bond acceptors (Lipinski definition) is 3. The number of amides is 2. The molecule has 2 amide bonds. The number of carbonyl (C=O) groups is 2. The van der Waals surface area contributed by atoms with Gasteiger partial charge in [0.25, 0.3) is 5.91 Å². The van der Waals surface area contributed by atoms with Gasteiger partial charge in [-0.2, -0.15) is 0 Å². The zero-order chi connectivity index (χ0) is 16.4. The molecular weight excluding hydrogens is 294 g/mol.